The first kappa shape index (κ1) is 19.5. The lowest BCUT2D eigenvalue weighted by molar-refractivity contribution is -0.121. The fourth-order valence-corrected chi connectivity index (χ4v) is 3.20. The molecule has 1 aliphatic rings. The molecule has 1 unspecified atom stereocenters. The second kappa shape index (κ2) is 9.02. The summed E-state index contributed by atoms with van der Waals surface area (Å²) in [6, 6.07) is 4.64. The molecule has 0 saturated heterocycles. The number of fused-ring (bicyclic) bond motifs is 1. The van der Waals surface area contributed by atoms with Crippen LogP contribution in [0.1, 0.15) is 19.8 Å². The Morgan fingerprint density at radius 3 is 2.68 bits per heavy atom. The third-order valence-electron chi connectivity index (χ3n) is 3.77. The van der Waals surface area contributed by atoms with E-state index in [1.165, 1.54) is 12.1 Å². The molecule has 1 aliphatic heterocycles. The minimum Gasteiger partial charge on any atom is -0.490 e. The van der Waals surface area contributed by atoms with Gasteiger partial charge in [0.1, 0.15) is 0 Å². The molecule has 0 radical (unpaired) electrons. The highest BCUT2D eigenvalue weighted by Crippen LogP contribution is 2.31. The van der Waals surface area contributed by atoms with Crippen LogP contribution in [0.3, 0.4) is 0 Å². The van der Waals surface area contributed by atoms with Crippen LogP contribution in [0.4, 0.5) is 0 Å². The molecule has 0 saturated carbocycles. The van der Waals surface area contributed by atoms with E-state index in [1.54, 1.807) is 13.1 Å². The molecule has 0 aliphatic carbocycles. The molecule has 1 aromatic carbocycles. The zero-order chi connectivity index (χ0) is 18.3. The molecule has 0 bridgehead atoms. The van der Waals surface area contributed by atoms with Gasteiger partial charge in [0.2, 0.25) is 15.9 Å². The van der Waals surface area contributed by atoms with E-state index in [-0.39, 0.29) is 29.8 Å². The number of likely N-dealkylation sites (N-methyl/N-ethyl adjacent to an activating group) is 1. The van der Waals surface area contributed by atoms with Crippen molar-refractivity contribution in [3.63, 3.8) is 0 Å². The molecular formula is C16H25N3O5S. The topological polar surface area (TPSA) is 106 Å². The van der Waals surface area contributed by atoms with Gasteiger partial charge in [0.05, 0.1) is 18.1 Å². The molecule has 0 spiro atoms. The van der Waals surface area contributed by atoms with Crippen LogP contribution in [0.25, 0.3) is 0 Å². The zero-order valence-corrected chi connectivity index (χ0v) is 15.3. The van der Waals surface area contributed by atoms with Gasteiger partial charge in [0.15, 0.2) is 11.5 Å². The summed E-state index contributed by atoms with van der Waals surface area (Å²) in [7, 11) is -1.91. The largest absolute Gasteiger partial charge is 0.490 e. The number of carbonyl (C=O) groups excluding carboxylic acids is 1. The number of nitrogens with one attached hydrogen (secondary N) is 3. The monoisotopic (exact) mass is 371 g/mol. The quantitative estimate of drug-likeness (QED) is 0.605. The lowest BCUT2D eigenvalue weighted by Gasteiger charge is -2.12. The SMILES string of the molecule is CNC(C)CNC(=O)CCNS(=O)(=O)c1ccc2c(c1)OCCCO2. The second-order valence-corrected chi connectivity index (χ2v) is 7.57. The number of rotatable bonds is 8. The second-order valence-electron chi connectivity index (χ2n) is 5.80. The smallest absolute Gasteiger partial charge is 0.240 e. The summed E-state index contributed by atoms with van der Waals surface area (Å²) < 4.78 is 38.1. The first-order valence-electron chi connectivity index (χ1n) is 8.25. The highest BCUT2D eigenvalue weighted by molar-refractivity contribution is 7.89. The van der Waals surface area contributed by atoms with Gasteiger partial charge >= 0.3 is 0 Å². The van der Waals surface area contributed by atoms with Crippen LogP contribution < -0.4 is 24.8 Å². The number of benzene rings is 1. The van der Waals surface area contributed by atoms with Gasteiger partial charge in [-0.1, -0.05) is 0 Å². The third-order valence-corrected chi connectivity index (χ3v) is 5.23. The van der Waals surface area contributed by atoms with Crippen LogP contribution in [-0.2, 0) is 14.8 Å². The van der Waals surface area contributed by atoms with Gasteiger partial charge < -0.3 is 20.1 Å². The molecule has 9 heteroatoms. The van der Waals surface area contributed by atoms with Crippen molar-refractivity contribution in [2.75, 3.05) is 33.4 Å². The average Bonchev–Trinajstić information content (AvgIpc) is 2.84. The van der Waals surface area contributed by atoms with Crippen molar-refractivity contribution in [1.29, 1.82) is 0 Å². The van der Waals surface area contributed by atoms with Gasteiger partial charge in [-0.2, -0.15) is 0 Å². The lowest BCUT2D eigenvalue weighted by atomic mass is 10.3. The minimum atomic E-state index is -3.72. The molecule has 140 valence electrons. The van der Waals surface area contributed by atoms with Crippen molar-refractivity contribution >= 4 is 15.9 Å². The van der Waals surface area contributed by atoms with Crippen molar-refractivity contribution in [3.05, 3.63) is 18.2 Å². The van der Waals surface area contributed by atoms with Crippen LogP contribution in [-0.4, -0.2) is 53.7 Å². The van der Waals surface area contributed by atoms with Crippen LogP contribution in [0, 0.1) is 0 Å². The maximum atomic E-state index is 12.3. The van der Waals surface area contributed by atoms with E-state index in [4.69, 9.17) is 9.47 Å². The van der Waals surface area contributed by atoms with Gasteiger partial charge in [-0.25, -0.2) is 13.1 Å². The third kappa shape index (κ3) is 5.87. The fourth-order valence-electron chi connectivity index (χ4n) is 2.15. The van der Waals surface area contributed by atoms with Crippen molar-refractivity contribution in [2.24, 2.45) is 0 Å². The maximum absolute atomic E-state index is 12.3. The van der Waals surface area contributed by atoms with Crippen molar-refractivity contribution in [1.82, 2.24) is 15.4 Å². The number of carbonyl (C=O) groups is 1. The molecule has 25 heavy (non-hydrogen) atoms. The van der Waals surface area contributed by atoms with Gasteiger partial charge in [0, 0.05) is 38.0 Å². The normalized spacial score (nSPS) is 15.3. The molecule has 0 aromatic heterocycles. The Hall–Kier alpha value is -1.84. The lowest BCUT2D eigenvalue weighted by Crippen LogP contribution is -2.38. The Kier molecular flexibility index (Phi) is 7.03. The highest BCUT2D eigenvalue weighted by Gasteiger charge is 2.18. The molecule has 2 rings (SSSR count). The Balaban J connectivity index is 1.89. The van der Waals surface area contributed by atoms with Crippen molar-refractivity contribution < 1.29 is 22.7 Å². The summed E-state index contributed by atoms with van der Waals surface area (Å²) in [4.78, 5) is 11.8. The van der Waals surface area contributed by atoms with E-state index < -0.39 is 10.0 Å². The number of hydrogen-bond acceptors (Lipinski definition) is 6. The Bertz CT molecular complexity index is 693. The van der Waals surface area contributed by atoms with E-state index >= 15 is 0 Å². The molecule has 1 atom stereocenters. The number of amides is 1. The van der Waals surface area contributed by atoms with Crippen LogP contribution in [0.5, 0.6) is 11.5 Å². The summed E-state index contributed by atoms with van der Waals surface area (Å²) in [5, 5.41) is 5.74. The predicted octanol–water partition coefficient (Wildman–Crippen LogP) is 0.240. The molecule has 1 aromatic rings. The predicted molar refractivity (Wildman–Crippen MR) is 93.4 cm³/mol. The summed E-state index contributed by atoms with van der Waals surface area (Å²) in [6.45, 7) is 3.47. The van der Waals surface area contributed by atoms with E-state index in [0.29, 0.717) is 31.3 Å². The van der Waals surface area contributed by atoms with Gasteiger partial charge in [-0.15, -0.1) is 0 Å². The summed E-state index contributed by atoms with van der Waals surface area (Å²) in [6.07, 6.45) is 0.816. The van der Waals surface area contributed by atoms with E-state index in [2.05, 4.69) is 15.4 Å². The first-order valence-corrected chi connectivity index (χ1v) is 9.74. The standard InChI is InChI=1S/C16H25N3O5S/c1-12(17-2)11-18-16(20)6-7-19-25(21,22)13-4-5-14-15(10-13)24-9-3-8-23-14/h4-5,10,12,17,19H,3,6-9,11H2,1-2H3,(H,18,20). The minimum absolute atomic E-state index is 0.0243. The molecule has 1 heterocycles. The maximum Gasteiger partial charge on any atom is 0.240 e. The molecule has 8 nitrogen and oxygen atoms in total. The number of hydrogen-bond donors (Lipinski definition) is 3. The number of ether oxygens (including phenoxy) is 2. The van der Waals surface area contributed by atoms with Crippen molar-refractivity contribution in [3.8, 4) is 11.5 Å². The number of sulfonamides is 1. The highest BCUT2D eigenvalue weighted by atomic mass is 32.2. The van der Waals surface area contributed by atoms with Crippen LogP contribution in [0.2, 0.25) is 0 Å². The molecule has 3 N–H and O–H groups in total. The van der Waals surface area contributed by atoms with E-state index in [0.717, 1.165) is 6.42 Å². The summed E-state index contributed by atoms with van der Waals surface area (Å²) >= 11 is 0. The van der Waals surface area contributed by atoms with E-state index in [9.17, 15) is 13.2 Å². The molecular weight excluding hydrogens is 346 g/mol. The molecule has 1 amide bonds. The van der Waals surface area contributed by atoms with Crippen molar-refractivity contribution in [2.45, 2.75) is 30.7 Å². The summed E-state index contributed by atoms with van der Waals surface area (Å²) in [5.41, 5.74) is 0. The van der Waals surface area contributed by atoms with Crippen LogP contribution >= 0.6 is 0 Å². The van der Waals surface area contributed by atoms with Gasteiger partial charge in [0.25, 0.3) is 0 Å². The van der Waals surface area contributed by atoms with Crippen LogP contribution in [0.15, 0.2) is 23.1 Å². The molecule has 0 fully saturated rings. The average molecular weight is 371 g/mol. The Labute approximate surface area is 148 Å². The zero-order valence-electron chi connectivity index (χ0n) is 14.5. The Morgan fingerprint density at radius 2 is 1.96 bits per heavy atom. The van der Waals surface area contributed by atoms with Gasteiger partial charge in [-0.05, 0) is 26.1 Å². The van der Waals surface area contributed by atoms with Gasteiger partial charge in [-0.3, -0.25) is 4.79 Å². The Morgan fingerprint density at radius 1 is 1.24 bits per heavy atom. The fraction of sp³-hybridized carbons (Fsp3) is 0.562. The first-order chi connectivity index (χ1) is 11.9. The van der Waals surface area contributed by atoms with E-state index in [1.807, 2.05) is 6.92 Å². The summed E-state index contributed by atoms with van der Waals surface area (Å²) in [5.74, 6) is 0.747.